The first-order valence-electron chi connectivity index (χ1n) is 6.26. The summed E-state index contributed by atoms with van der Waals surface area (Å²) in [6.07, 6.45) is 3.70. The molecule has 6 heteroatoms. The summed E-state index contributed by atoms with van der Waals surface area (Å²) in [6, 6.07) is 3.59. The summed E-state index contributed by atoms with van der Waals surface area (Å²) in [5, 5.41) is 11.9. The number of carboxylic acid groups (broad SMARTS) is 1. The molecule has 1 fully saturated rings. The minimum Gasteiger partial charge on any atom is -0.481 e. The molecule has 1 aliphatic rings. The van der Waals surface area contributed by atoms with Crippen molar-refractivity contribution in [2.45, 2.75) is 44.1 Å². The number of carbonyl (C=O) groups is 2. The predicted molar refractivity (Wildman–Crippen MR) is 74.6 cm³/mol. The molecule has 2 rings (SSSR count). The van der Waals surface area contributed by atoms with E-state index in [0.717, 1.165) is 30.6 Å². The molecular weight excluding hydrogens is 286 g/mol. The van der Waals surface area contributed by atoms with Gasteiger partial charge in [0, 0.05) is 4.88 Å². The highest BCUT2D eigenvalue weighted by molar-refractivity contribution is 7.16. The number of hydrogen-bond donors (Lipinski definition) is 2. The Bertz CT molecular complexity index is 480. The molecule has 4 nitrogen and oxygen atoms in total. The second kappa shape index (κ2) is 5.92. The molecule has 1 saturated carbocycles. The first kappa shape index (κ1) is 14.3. The molecule has 1 aromatic rings. The van der Waals surface area contributed by atoms with Crippen LogP contribution < -0.4 is 5.32 Å². The average molecular weight is 302 g/mol. The van der Waals surface area contributed by atoms with Gasteiger partial charge in [-0.1, -0.05) is 24.4 Å². The van der Waals surface area contributed by atoms with E-state index in [2.05, 4.69) is 5.32 Å². The number of aliphatic carboxylic acids is 1. The van der Waals surface area contributed by atoms with Gasteiger partial charge in [0.25, 0.3) is 0 Å². The second-order valence-corrected chi connectivity index (χ2v) is 6.79. The Morgan fingerprint density at radius 2 is 2.05 bits per heavy atom. The smallest absolute Gasteiger partial charge is 0.305 e. The van der Waals surface area contributed by atoms with Crippen LogP contribution in [0.4, 0.5) is 0 Å². The Morgan fingerprint density at radius 3 is 2.58 bits per heavy atom. The number of rotatable bonds is 5. The van der Waals surface area contributed by atoms with E-state index >= 15 is 0 Å². The van der Waals surface area contributed by atoms with Gasteiger partial charge in [0.15, 0.2) is 0 Å². The van der Waals surface area contributed by atoms with Crippen LogP contribution in [0.15, 0.2) is 12.1 Å². The van der Waals surface area contributed by atoms with Crippen molar-refractivity contribution in [3.8, 4) is 0 Å². The molecule has 104 valence electrons. The monoisotopic (exact) mass is 301 g/mol. The fraction of sp³-hybridized carbons (Fsp3) is 0.538. The molecule has 19 heavy (non-hydrogen) atoms. The summed E-state index contributed by atoms with van der Waals surface area (Å²) in [4.78, 5) is 23.9. The first-order valence-corrected chi connectivity index (χ1v) is 7.46. The molecule has 0 atom stereocenters. The van der Waals surface area contributed by atoms with Crippen LogP contribution in [0.1, 0.15) is 37.0 Å². The van der Waals surface area contributed by atoms with E-state index in [1.54, 1.807) is 6.07 Å². The molecular formula is C13H16ClNO3S. The Hall–Kier alpha value is -1.07. The summed E-state index contributed by atoms with van der Waals surface area (Å²) in [6.45, 7) is 0. The van der Waals surface area contributed by atoms with E-state index in [-0.39, 0.29) is 18.7 Å². The van der Waals surface area contributed by atoms with Gasteiger partial charge >= 0.3 is 5.97 Å². The molecule has 1 aromatic heterocycles. The maximum absolute atomic E-state index is 12.0. The van der Waals surface area contributed by atoms with Gasteiger partial charge in [-0.2, -0.15) is 0 Å². The molecule has 2 N–H and O–H groups in total. The van der Waals surface area contributed by atoms with Gasteiger partial charge in [0.1, 0.15) is 0 Å². The molecule has 0 aromatic carbocycles. The third-order valence-electron chi connectivity index (χ3n) is 3.42. The highest BCUT2D eigenvalue weighted by Crippen LogP contribution is 2.33. The highest BCUT2D eigenvalue weighted by atomic mass is 35.5. The van der Waals surface area contributed by atoms with Crippen LogP contribution in [0.5, 0.6) is 0 Å². The van der Waals surface area contributed by atoms with Crippen molar-refractivity contribution in [1.82, 2.24) is 5.32 Å². The Balaban J connectivity index is 1.97. The summed E-state index contributed by atoms with van der Waals surface area (Å²) in [7, 11) is 0. The van der Waals surface area contributed by atoms with E-state index in [4.69, 9.17) is 16.7 Å². The molecule has 0 unspecified atom stereocenters. The largest absolute Gasteiger partial charge is 0.481 e. The molecule has 0 bridgehead atoms. The summed E-state index contributed by atoms with van der Waals surface area (Å²) >= 11 is 7.19. The maximum atomic E-state index is 12.0. The van der Waals surface area contributed by atoms with Crippen molar-refractivity contribution in [1.29, 1.82) is 0 Å². The standard InChI is InChI=1S/C13H16ClNO3S/c14-10-4-3-9(19-10)7-11(16)15-13(8-12(17)18)5-1-2-6-13/h3-4H,1-2,5-8H2,(H,15,16)(H,17,18). The molecule has 0 saturated heterocycles. The third kappa shape index (κ3) is 3.94. The number of carbonyl (C=O) groups excluding carboxylic acids is 1. The average Bonchev–Trinajstić information content (AvgIpc) is 2.87. The van der Waals surface area contributed by atoms with E-state index < -0.39 is 11.5 Å². The van der Waals surface area contributed by atoms with Crippen molar-refractivity contribution < 1.29 is 14.7 Å². The van der Waals surface area contributed by atoms with E-state index in [9.17, 15) is 9.59 Å². The highest BCUT2D eigenvalue weighted by Gasteiger charge is 2.37. The third-order valence-corrected chi connectivity index (χ3v) is 4.65. The maximum Gasteiger partial charge on any atom is 0.305 e. The van der Waals surface area contributed by atoms with Gasteiger partial charge in [0.2, 0.25) is 5.91 Å². The minimum absolute atomic E-state index is 0.00391. The minimum atomic E-state index is -0.860. The lowest BCUT2D eigenvalue weighted by Gasteiger charge is -2.28. The SMILES string of the molecule is O=C(O)CC1(NC(=O)Cc2ccc(Cl)s2)CCCC1. The van der Waals surface area contributed by atoms with Crippen LogP contribution in [-0.2, 0) is 16.0 Å². The fourth-order valence-electron chi connectivity index (χ4n) is 2.63. The molecule has 1 heterocycles. The van der Waals surface area contributed by atoms with Crippen LogP contribution in [-0.4, -0.2) is 22.5 Å². The summed E-state index contributed by atoms with van der Waals surface area (Å²) in [5.41, 5.74) is -0.552. The molecule has 0 aliphatic heterocycles. The van der Waals surface area contributed by atoms with Crippen LogP contribution in [0, 0.1) is 0 Å². The Morgan fingerprint density at radius 1 is 1.37 bits per heavy atom. The molecule has 1 amide bonds. The van der Waals surface area contributed by atoms with Gasteiger partial charge in [-0.3, -0.25) is 9.59 Å². The first-order chi connectivity index (χ1) is 8.99. The zero-order chi connectivity index (χ0) is 13.9. The van der Waals surface area contributed by atoms with Crippen molar-refractivity contribution in [2.75, 3.05) is 0 Å². The number of nitrogens with one attached hydrogen (secondary N) is 1. The number of amides is 1. The van der Waals surface area contributed by atoms with E-state index in [1.165, 1.54) is 11.3 Å². The Kier molecular flexibility index (Phi) is 4.47. The van der Waals surface area contributed by atoms with Gasteiger partial charge < -0.3 is 10.4 Å². The van der Waals surface area contributed by atoms with Crippen LogP contribution in [0.2, 0.25) is 4.34 Å². The summed E-state index contributed by atoms with van der Waals surface area (Å²) in [5.74, 6) is -0.983. The van der Waals surface area contributed by atoms with Crippen molar-refractivity contribution in [3.63, 3.8) is 0 Å². The summed E-state index contributed by atoms with van der Waals surface area (Å²) < 4.78 is 0.656. The molecule has 0 radical (unpaired) electrons. The van der Waals surface area contributed by atoms with Crippen LogP contribution in [0.25, 0.3) is 0 Å². The number of thiophene rings is 1. The van der Waals surface area contributed by atoms with E-state index in [1.807, 2.05) is 6.07 Å². The van der Waals surface area contributed by atoms with Crippen LogP contribution in [0.3, 0.4) is 0 Å². The number of hydrogen-bond acceptors (Lipinski definition) is 3. The Labute approximate surface area is 120 Å². The lowest BCUT2D eigenvalue weighted by molar-refractivity contribution is -0.139. The lowest BCUT2D eigenvalue weighted by Crippen LogP contribution is -2.48. The number of carboxylic acids is 1. The van der Waals surface area contributed by atoms with Crippen molar-refractivity contribution in [3.05, 3.63) is 21.3 Å². The van der Waals surface area contributed by atoms with Gasteiger partial charge in [0.05, 0.1) is 22.7 Å². The lowest BCUT2D eigenvalue weighted by atomic mass is 9.93. The molecule has 0 spiro atoms. The predicted octanol–water partition coefficient (Wildman–Crippen LogP) is 2.85. The normalized spacial score (nSPS) is 17.3. The van der Waals surface area contributed by atoms with Gasteiger partial charge in [-0.25, -0.2) is 0 Å². The topological polar surface area (TPSA) is 66.4 Å². The molecule has 1 aliphatic carbocycles. The van der Waals surface area contributed by atoms with E-state index in [0.29, 0.717) is 4.34 Å². The zero-order valence-corrected chi connectivity index (χ0v) is 12.0. The van der Waals surface area contributed by atoms with Crippen molar-refractivity contribution in [2.24, 2.45) is 0 Å². The van der Waals surface area contributed by atoms with Gasteiger partial charge in [-0.15, -0.1) is 11.3 Å². The van der Waals surface area contributed by atoms with Crippen LogP contribution >= 0.6 is 22.9 Å². The van der Waals surface area contributed by atoms with Gasteiger partial charge in [-0.05, 0) is 25.0 Å². The number of halogens is 1. The zero-order valence-electron chi connectivity index (χ0n) is 10.4. The quantitative estimate of drug-likeness (QED) is 0.879. The van der Waals surface area contributed by atoms with Crippen molar-refractivity contribution >= 4 is 34.8 Å². The second-order valence-electron chi connectivity index (χ2n) is 4.99. The fourth-order valence-corrected chi connectivity index (χ4v) is 3.72.